The van der Waals surface area contributed by atoms with Gasteiger partial charge in [0.2, 0.25) is 5.91 Å². The first-order chi connectivity index (χ1) is 6.83. The lowest BCUT2D eigenvalue weighted by Crippen LogP contribution is -2.33. The van der Waals surface area contributed by atoms with E-state index in [-0.39, 0.29) is 5.91 Å². The Balaban J connectivity index is 2.06. The molecular weight excluding hydrogens is 198 g/mol. The Labute approximate surface area is 87.7 Å². The second kappa shape index (κ2) is 6.50. The lowest BCUT2D eigenvalue weighted by Gasteiger charge is -2.03. The van der Waals surface area contributed by atoms with Crippen molar-refractivity contribution >= 4 is 17.2 Å². The summed E-state index contributed by atoms with van der Waals surface area (Å²) in [5.74, 6) is 0.0448. The van der Waals surface area contributed by atoms with Crippen LogP contribution in [0.25, 0.3) is 0 Å². The molecule has 0 fully saturated rings. The number of amides is 1. The smallest absolute Gasteiger partial charge is 0.233 e. The van der Waals surface area contributed by atoms with E-state index in [0.717, 1.165) is 18.0 Å². The van der Waals surface area contributed by atoms with Gasteiger partial charge in [0.05, 0.1) is 6.54 Å². The molecule has 1 heterocycles. The fraction of sp³-hybridized carbons (Fsp3) is 0.556. The summed E-state index contributed by atoms with van der Waals surface area (Å²) in [6.45, 7) is 3.80. The van der Waals surface area contributed by atoms with E-state index in [2.05, 4.69) is 15.6 Å². The molecule has 0 bridgehead atoms. The molecule has 0 aromatic carbocycles. The van der Waals surface area contributed by atoms with Crippen LogP contribution in [0.5, 0.6) is 0 Å². The number of nitrogens with one attached hydrogen (secondary N) is 2. The van der Waals surface area contributed by atoms with Crippen molar-refractivity contribution in [2.75, 3.05) is 13.1 Å². The molecule has 1 aromatic rings. The summed E-state index contributed by atoms with van der Waals surface area (Å²) in [5.41, 5.74) is 0. The number of carbonyl (C=O) groups is 1. The number of rotatable bonds is 6. The van der Waals surface area contributed by atoms with Crippen LogP contribution in [-0.4, -0.2) is 24.0 Å². The first kappa shape index (κ1) is 11.1. The maximum Gasteiger partial charge on any atom is 0.233 e. The van der Waals surface area contributed by atoms with Crippen LogP contribution in [0.4, 0.5) is 0 Å². The molecule has 0 spiro atoms. The number of aromatic nitrogens is 1. The number of hydrogen-bond acceptors (Lipinski definition) is 4. The van der Waals surface area contributed by atoms with Crippen LogP contribution in [-0.2, 0) is 11.3 Å². The van der Waals surface area contributed by atoms with Gasteiger partial charge >= 0.3 is 0 Å². The van der Waals surface area contributed by atoms with Crippen molar-refractivity contribution < 1.29 is 4.79 Å². The Bertz CT molecular complexity index is 261. The second-order valence-corrected chi connectivity index (χ2v) is 3.86. The van der Waals surface area contributed by atoms with Crippen molar-refractivity contribution in [3.05, 3.63) is 16.6 Å². The zero-order valence-electron chi connectivity index (χ0n) is 8.25. The zero-order chi connectivity index (χ0) is 10.2. The molecule has 5 heteroatoms. The maximum atomic E-state index is 11.1. The van der Waals surface area contributed by atoms with Gasteiger partial charge in [0.15, 0.2) is 0 Å². The highest BCUT2D eigenvalue weighted by atomic mass is 32.1. The Hall–Kier alpha value is -0.940. The molecule has 14 heavy (non-hydrogen) atoms. The molecule has 0 aliphatic rings. The predicted molar refractivity (Wildman–Crippen MR) is 57.1 cm³/mol. The number of thiazole rings is 1. The van der Waals surface area contributed by atoms with Gasteiger partial charge in [-0.2, -0.15) is 0 Å². The Morgan fingerprint density at radius 2 is 2.50 bits per heavy atom. The minimum atomic E-state index is 0.0448. The third kappa shape index (κ3) is 4.34. The monoisotopic (exact) mass is 213 g/mol. The van der Waals surface area contributed by atoms with Gasteiger partial charge in [-0.05, 0) is 6.42 Å². The van der Waals surface area contributed by atoms with E-state index in [1.165, 1.54) is 0 Å². The molecule has 1 aromatic heterocycles. The highest BCUT2D eigenvalue weighted by Crippen LogP contribution is 2.01. The molecule has 0 saturated carbocycles. The second-order valence-electron chi connectivity index (χ2n) is 2.88. The summed E-state index contributed by atoms with van der Waals surface area (Å²) in [7, 11) is 0. The minimum absolute atomic E-state index is 0.0448. The molecule has 0 aliphatic carbocycles. The van der Waals surface area contributed by atoms with E-state index in [1.807, 2.05) is 12.3 Å². The van der Waals surface area contributed by atoms with Crippen molar-refractivity contribution in [2.24, 2.45) is 0 Å². The molecule has 1 amide bonds. The fourth-order valence-electron chi connectivity index (χ4n) is 0.950. The molecule has 0 atom stereocenters. The SMILES string of the molecule is CCCNC(=O)CNCc1nccs1. The van der Waals surface area contributed by atoms with Gasteiger partial charge < -0.3 is 10.6 Å². The Morgan fingerprint density at radius 1 is 1.64 bits per heavy atom. The van der Waals surface area contributed by atoms with E-state index in [4.69, 9.17) is 0 Å². The molecule has 0 radical (unpaired) electrons. The molecule has 4 nitrogen and oxygen atoms in total. The van der Waals surface area contributed by atoms with Gasteiger partial charge in [-0.15, -0.1) is 11.3 Å². The predicted octanol–water partition coefficient (Wildman–Crippen LogP) is 0.759. The fourth-order valence-corrected chi connectivity index (χ4v) is 1.54. The zero-order valence-corrected chi connectivity index (χ0v) is 9.06. The summed E-state index contributed by atoms with van der Waals surface area (Å²) in [4.78, 5) is 15.2. The molecule has 0 aliphatic heterocycles. The number of nitrogens with zero attached hydrogens (tertiary/aromatic N) is 1. The van der Waals surface area contributed by atoms with E-state index >= 15 is 0 Å². The lowest BCUT2D eigenvalue weighted by molar-refractivity contribution is -0.120. The highest BCUT2D eigenvalue weighted by molar-refractivity contribution is 7.09. The van der Waals surface area contributed by atoms with Gasteiger partial charge in [0.1, 0.15) is 5.01 Å². The van der Waals surface area contributed by atoms with Crippen molar-refractivity contribution in [1.82, 2.24) is 15.6 Å². The molecule has 0 saturated heterocycles. The topological polar surface area (TPSA) is 54.0 Å². The summed E-state index contributed by atoms with van der Waals surface area (Å²) in [6.07, 6.45) is 2.73. The van der Waals surface area contributed by atoms with Crippen LogP contribution in [0.15, 0.2) is 11.6 Å². The van der Waals surface area contributed by atoms with E-state index < -0.39 is 0 Å². The summed E-state index contributed by atoms with van der Waals surface area (Å²) < 4.78 is 0. The van der Waals surface area contributed by atoms with E-state index in [9.17, 15) is 4.79 Å². The summed E-state index contributed by atoms with van der Waals surface area (Å²) >= 11 is 1.59. The van der Waals surface area contributed by atoms with Crippen LogP contribution in [0.2, 0.25) is 0 Å². The summed E-state index contributed by atoms with van der Waals surface area (Å²) in [5, 5.41) is 8.76. The first-order valence-electron chi connectivity index (χ1n) is 4.68. The maximum absolute atomic E-state index is 11.1. The van der Waals surface area contributed by atoms with Crippen LogP contribution in [0.3, 0.4) is 0 Å². The van der Waals surface area contributed by atoms with Gasteiger partial charge in [0.25, 0.3) is 0 Å². The largest absolute Gasteiger partial charge is 0.355 e. The quantitative estimate of drug-likeness (QED) is 0.733. The lowest BCUT2D eigenvalue weighted by atomic mass is 10.4. The molecule has 0 unspecified atom stereocenters. The molecule has 1 rings (SSSR count). The van der Waals surface area contributed by atoms with Crippen molar-refractivity contribution in [1.29, 1.82) is 0 Å². The van der Waals surface area contributed by atoms with Crippen LogP contribution in [0, 0.1) is 0 Å². The molecular formula is C9H15N3OS. The normalized spacial score (nSPS) is 10.1. The van der Waals surface area contributed by atoms with Gasteiger partial charge in [-0.1, -0.05) is 6.92 Å². The third-order valence-corrected chi connectivity index (χ3v) is 2.40. The average molecular weight is 213 g/mol. The van der Waals surface area contributed by atoms with Gasteiger partial charge in [-0.25, -0.2) is 4.98 Å². The van der Waals surface area contributed by atoms with Gasteiger partial charge in [0, 0.05) is 24.7 Å². The van der Waals surface area contributed by atoms with E-state index in [0.29, 0.717) is 13.1 Å². The van der Waals surface area contributed by atoms with Crippen molar-refractivity contribution in [3.63, 3.8) is 0 Å². The molecule has 2 N–H and O–H groups in total. The highest BCUT2D eigenvalue weighted by Gasteiger charge is 1.99. The first-order valence-corrected chi connectivity index (χ1v) is 5.56. The Kier molecular flexibility index (Phi) is 5.17. The number of hydrogen-bond donors (Lipinski definition) is 2. The molecule has 78 valence electrons. The standard InChI is InChI=1S/C9H15N3OS/c1-2-3-11-8(13)6-10-7-9-12-4-5-14-9/h4-5,10H,2-3,6-7H2,1H3,(H,11,13). The average Bonchev–Trinajstić information content (AvgIpc) is 2.67. The van der Waals surface area contributed by atoms with Crippen molar-refractivity contribution in [3.8, 4) is 0 Å². The summed E-state index contributed by atoms with van der Waals surface area (Å²) in [6, 6.07) is 0. The van der Waals surface area contributed by atoms with Crippen LogP contribution in [0.1, 0.15) is 18.4 Å². The van der Waals surface area contributed by atoms with E-state index in [1.54, 1.807) is 17.5 Å². The van der Waals surface area contributed by atoms with Crippen molar-refractivity contribution in [2.45, 2.75) is 19.9 Å². The van der Waals surface area contributed by atoms with Gasteiger partial charge in [-0.3, -0.25) is 4.79 Å². The third-order valence-electron chi connectivity index (χ3n) is 1.62. The number of carbonyl (C=O) groups excluding carboxylic acids is 1. The van der Waals surface area contributed by atoms with Crippen LogP contribution < -0.4 is 10.6 Å². The van der Waals surface area contributed by atoms with Crippen LogP contribution >= 0.6 is 11.3 Å². The minimum Gasteiger partial charge on any atom is -0.355 e. The Morgan fingerprint density at radius 3 is 3.14 bits per heavy atom.